The summed E-state index contributed by atoms with van der Waals surface area (Å²) in [6.07, 6.45) is 1.12. The van der Waals surface area contributed by atoms with Gasteiger partial charge < -0.3 is 9.41 Å². The van der Waals surface area contributed by atoms with Crippen LogP contribution in [0, 0.1) is 0 Å². The van der Waals surface area contributed by atoms with Crippen molar-refractivity contribution in [3.05, 3.63) is 0 Å². The van der Waals surface area contributed by atoms with Crippen molar-refractivity contribution in [3.8, 4) is 0 Å². The first-order valence-electron chi connectivity index (χ1n) is 7.60. The summed E-state index contributed by atoms with van der Waals surface area (Å²) in [7, 11) is -2.89. The lowest BCUT2D eigenvalue weighted by atomic mass is 10.2. The van der Waals surface area contributed by atoms with E-state index in [0.29, 0.717) is 10.1 Å². The van der Waals surface area contributed by atoms with Gasteiger partial charge in [0.1, 0.15) is 8.24 Å². The van der Waals surface area contributed by atoms with Crippen molar-refractivity contribution in [3.63, 3.8) is 0 Å². The van der Waals surface area contributed by atoms with E-state index in [1.807, 2.05) is 0 Å². The van der Waals surface area contributed by atoms with Gasteiger partial charge in [0.25, 0.3) is 0 Å². The van der Waals surface area contributed by atoms with Crippen molar-refractivity contribution in [2.24, 2.45) is 0 Å². The van der Waals surface area contributed by atoms with E-state index in [9.17, 15) is 0 Å². The molecule has 0 saturated heterocycles. The molecule has 0 aliphatic heterocycles. The third-order valence-electron chi connectivity index (χ3n) is 5.03. The SMILES string of the molecule is CC(C)(C)[Si](C)(C)NCCCO[Si](C)(C)C(C)(C)C. The van der Waals surface area contributed by atoms with Crippen molar-refractivity contribution in [2.45, 2.75) is 84.2 Å². The largest absolute Gasteiger partial charge is 0.417 e. The Hall–Kier alpha value is 0.354. The number of hydrogen-bond acceptors (Lipinski definition) is 2. The molecule has 0 bridgehead atoms. The van der Waals surface area contributed by atoms with Crippen LogP contribution in [0.4, 0.5) is 0 Å². The highest BCUT2D eigenvalue weighted by atomic mass is 28.4. The van der Waals surface area contributed by atoms with Crippen molar-refractivity contribution in [1.82, 2.24) is 4.98 Å². The Labute approximate surface area is 123 Å². The Kier molecular flexibility index (Phi) is 6.53. The van der Waals surface area contributed by atoms with Crippen LogP contribution in [0.25, 0.3) is 0 Å². The highest BCUT2D eigenvalue weighted by molar-refractivity contribution is 6.77. The lowest BCUT2D eigenvalue weighted by Gasteiger charge is -2.38. The molecule has 0 aliphatic carbocycles. The average molecular weight is 304 g/mol. The highest BCUT2D eigenvalue weighted by Gasteiger charge is 2.37. The number of nitrogens with one attached hydrogen (secondary N) is 1. The summed E-state index contributed by atoms with van der Waals surface area (Å²) in [5, 5.41) is 0.729. The summed E-state index contributed by atoms with van der Waals surface area (Å²) in [6.45, 7) is 25.4. The Bertz CT molecular complexity index is 247. The molecule has 0 saturated carbocycles. The van der Waals surface area contributed by atoms with E-state index >= 15 is 0 Å². The van der Waals surface area contributed by atoms with Crippen LogP contribution in [0.1, 0.15) is 48.0 Å². The summed E-state index contributed by atoms with van der Waals surface area (Å²) in [4.78, 5) is 3.80. The fraction of sp³-hybridized carbons (Fsp3) is 1.00. The van der Waals surface area contributed by atoms with Gasteiger partial charge in [-0.3, -0.25) is 0 Å². The van der Waals surface area contributed by atoms with Gasteiger partial charge in [-0.05, 0) is 36.1 Å². The zero-order valence-electron chi connectivity index (χ0n) is 15.0. The smallest absolute Gasteiger partial charge is 0.191 e. The zero-order chi connectivity index (χ0) is 15.5. The third-order valence-corrected chi connectivity index (χ3v) is 14.5. The van der Waals surface area contributed by atoms with E-state index in [0.717, 1.165) is 19.6 Å². The molecule has 0 aromatic heterocycles. The molecular formula is C15H37NOSi2. The second-order valence-electron chi connectivity index (χ2n) is 8.76. The van der Waals surface area contributed by atoms with Gasteiger partial charge in [-0.25, -0.2) is 0 Å². The molecule has 0 amide bonds. The summed E-state index contributed by atoms with van der Waals surface area (Å²) >= 11 is 0. The second-order valence-corrected chi connectivity index (χ2v) is 18.7. The third kappa shape index (κ3) is 6.11. The summed E-state index contributed by atoms with van der Waals surface area (Å²) in [5.74, 6) is 0. The van der Waals surface area contributed by atoms with Gasteiger partial charge in [0.15, 0.2) is 8.32 Å². The molecule has 0 spiro atoms. The molecule has 116 valence electrons. The Morgan fingerprint density at radius 3 is 1.68 bits per heavy atom. The number of rotatable bonds is 6. The second kappa shape index (κ2) is 6.41. The van der Waals surface area contributed by atoms with Crippen LogP contribution in [-0.2, 0) is 4.43 Å². The Morgan fingerprint density at radius 2 is 1.32 bits per heavy atom. The molecule has 0 aromatic rings. The van der Waals surface area contributed by atoms with Crippen LogP contribution in [0.2, 0.25) is 36.3 Å². The molecule has 0 heterocycles. The quantitative estimate of drug-likeness (QED) is 0.551. The summed E-state index contributed by atoms with van der Waals surface area (Å²) < 4.78 is 6.21. The molecule has 2 nitrogen and oxygen atoms in total. The maximum absolute atomic E-state index is 6.21. The van der Waals surface area contributed by atoms with Crippen molar-refractivity contribution < 1.29 is 4.43 Å². The summed E-state index contributed by atoms with van der Waals surface area (Å²) in [5.41, 5.74) is 0. The molecule has 0 radical (unpaired) electrons. The van der Waals surface area contributed by atoms with Gasteiger partial charge in [-0.2, -0.15) is 0 Å². The van der Waals surface area contributed by atoms with Crippen LogP contribution in [0.3, 0.4) is 0 Å². The average Bonchev–Trinajstić information content (AvgIpc) is 2.12. The van der Waals surface area contributed by atoms with Crippen LogP contribution in [0.5, 0.6) is 0 Å². The van der Waals surface area contributed by atoms with Gasteiger partial charge in [-0.15, -0.1) is 0 Å². The van der Waals surface area contributed by atoms with E-state index in [2.05, 4.69) is 72.7 Å². The topological polar surface area (TPSA) is 21.3 Å². The Morgan fingerprint density at radius 1 is 0.842 bits per heavy atom. The number of hydrogen-bond donors (Lipinski definition) is 1. The van der Waals surface area contributed by atoms with Gasteiger partial charge in [-0.1, -0.05) is 54.6 Å². The lowest BCUT2D eigenvalue weighted by Crippen LogP contribution is -2.52. The van der Waals surface area contributed by atoms with Gasteiger partial charge in [0.05, 0.1) is 0 Å². The van der Waals surface area contributed by atoms with Crippen molar-refractivity contribution in [2.75, 3.05) is 13.2 Å². The Balaban J connectivity index is 4.03. The van der Waals surface area contributed by atoms with Crippen LogP contribution < -0.4 is 4.98 Å². The van der Waals surface area contributed by atoms with Crippen LogP contribution in [0.15, 0.2) is 0 Å². The first kappa shape index (κ1) is 19.4. The lowest BCUT2D eigenvalue weighted by molar-refractivity contribution is 0.283. The monoisotopic (exact) mass is 303 g/mol. The van der Waals surface area contributed by atoms with E-state index in [1.165, 1.54) is 0 Å². The minimum atomic E-state index is -1.55. The molecule has 4 heteroatoms. The van der Waals surface area contributed by atoms with Gasteiger partial charge in [0.2, 0.25) is 0 Å². The zero-order valence-corrected chi connectivity index (χ0v) is 17.0. The van der Waals surface area contributed by atoms with Crippen molar-refractivity contribution in [1.29, 1.82) is 0 Å². The molecule has 1 N–H and O–H groups in total. The first-order chi connectivity index (χ1) is 8.21. The van der Waals surface area contributed by atoms with Crippen molar-refractivity contribution >= 4 is 16.6 Å². The van der Waals surface area contributed by atoms with Gasteiger partial charge >= 0.3 is 0 Å². The molecule has 0 aliphatic rings. The standard InChI is InChI=1S/C15H37NOSi2/c1-14(2,3)18(7,8)16-12-11-13-17-19(9,10)15(4,5)6/h16H,11-13H2,1-10H3. The van der Waals surface area contributed by atoms with E-state index < -0.39 is 16.6 Å². The predicted molar refractivity (Wildman–Crippen MR) is 93.0 cm³/mol. The van der Waals surface area contributed by atoms with E-state index in [-0.39, 0.29) is 0 Å². The van der Waals surface area contributed by atoms with Crippen LogP contribution >= 0.6 is 0 Å². The molecule has 0 unspecified atom stereocenters. The minimum Gasteiger partial charge on any atom is -0.417 e. The van der Waals surface area contributed by atoms with Crippen LogP contribution in [-0.4, -0.2) is 29.7 Å². The van der Waals surface area contributed by atoms with E-state index in [4.69, 9.17) is 4.43 Å². The molecule has 0 fully saturated rings. The maximum atomic E-state index is 6.21. The molecule has 0 atom stereocenters. The summed E-state index contributed by atoms with van der Waals surface area (Å²) in [6, 6.07) is 0. The fourth-order valence-electron chi connectivity index (χ4n) is 1.28. The first-order valence-corrected chi connectivity index (χ1v) is 13.5. The van der Waals surface area contributed by atoms with E-state index in [1.54, 1.807) is 0 Å². The minimum absolute atomic E-state index is 0.319. The predicted octanol–water partition coefficient (Wildman–Crippen LogP) is 4.99. The molecular weight excluding hydrogens is 266 g/mol. The molecule has 0 rings (SSSR count). The normalized spacial score (nSPS) is 14.8. The fourth-order valence-corrected chi connectivity index (χ4v) is 3.70. The van der Waals surface area contributed by atoms with Gasteiger partial charge in [0, 0.05) is 6.61 Å². The highest BCUT2D eigenvalue weighted by Crippen LogP contribution is 2.36. The maximum Gasteiger partial charge on any atom is 0.191 e. The molecule has 19 heavy (non-hydrogen) atoms. The molecule has 0 aromatic carbocycles.